The van der Waals surface area contributed by atoms with Gasteiger partial charge in [-0.25, -0.2) is 4.98 Å². The van der Waals surface area contributed by atoms with Crippen molar-refractivity contribution in [1.82, 2.24) is 9.97 Å². The maximum absolute atomic E-state index is 4.13. The molecule has 0 aromatic carbocycles. The van der Waals surface area contributed by atoms with E-state index in [4.69, 9.17) is 0 Å². The minimum absolute atomic E-state index is 0.593. The van der Waals surface area contributed by atoms with Crippen LogP contribution in [0.1, 0.15) is 77.8 Å². The van der Waals surface area contributed by atoms with Crippen molar-refractivity contribution in [1.29, 1.82) is 0 Å². The van der Waals surface area contributed by atoms with Crippen molar-refractivity contribution in [2.75, 3.05) is 0 Å². The summed E-state index contributed by atoms with van der Waals surface area (Å²) in [4.78, 5) is 8.14. The highest BCUT2D eigenvalue weighted by molar-refractivity contribution is 7.09. The van der Waals surface area contributed by atoms with E-state index in [0.717, 1.165) is 0 Å². The maximum Gasteiger partial charge on any atom is 0.0950 e. The Morgan fingerprint density at radius 2 is 1.52 bits per heavy atom. The third-order valence-corrected chi connectivity index (χ3v) is 3.37. The molecule has 2 nitrogen and oxygen atoms in total. The second-order valence-electron chi connectivity index (χ2n) is 4.47. The molecule has 0 radical (unpaired) electrons. The summed E-state index contributed by atoms with van der Waals surface area (Å²) in [6.45, 7) is 16.6. The topological polar surface area (TPSA) is 25.8 Å². The highest BCUT2D eigenvalue weighted by atomic mass is 32.1. The minimum Gasteiger partial charge on any atom is -0.264 e. The van der Waals surface area contributed by atoms with E-state index in [0.29, 0.717) is 11.8 Å². The Morgan fingerprint density at radius 3 is 1.76 bits per heavy atom. The van der Waals surface area contributed by atoms with Gasteiger partial charge in [-0.1, -0.05) is 61.5 Å². The van der Waals surface area contributed by atoms with Crippen molar-refractivity contribution in [2.45, 2.75) is 67.2 Å². The fraction of sp³-hybridized carbons (Fsp3) is 0.556. The van der Waals surface area contributed by atoms with Crippen LogP contribution in [0.2, 0.25) is 0 Å². The lowest BCUT2D eigenvalue weighted by Crippen LogP contribution is -1.85. The van der Waals surface area contributed by atoms with E-state index in [1.54, 1.807) is 17.5 Å². The average molecular weight is 309 g/mol. The largest absolute Gasteiger partial charge is 0.264 e. The van der Waals surface area contributed by atoms with Crippen molar-refractivity contribution in [3.63, 3.8) is 0 Å². The zero-order valence-electron chi connectivity index (χ0n) is 14.9. The number of nitrogens with zero attached hydrogens (tertiary/aromatic N) is 2. The smallest absolute Gasteiger partial charge is 0.0950 e. The molecule has 0 saturated carbocycles. The third-order valence-electron chi connectivity index (χ3n) is 2.30. The fourth-order valence-corrected chi connectivity index (χ4v) is 1.89. The van der Waals surface area contributed by atoms with Crippen molar-refractivity contribution in [3.05, 3.63) is 46.7 Å². The Balaban J connectivity index is 0. The molecule has 0 N–H and O–H groups in total. The lowest BCUT2D eigenvalue weighted by molar-refractivity contribution is 0.852. The number of pyridine rings is 1. The fourth-order valence-electron chi connectivity index (χ4n) is 1.24. The molecule has 0 atom stereocenters. The standard InChI is InChI=1S/C8H11N.C6H9NS.2C2H6/c1-7(2)8-4-3-5-9-6-8;1-5(2)6-7-3-4-8-6;2*1-2/h3-7H,1-2H3;3-5H,1-2H3;2*1-2H3. The molecular weight excluding hydrogens is 276 g/mol. The molecule has 2 rings (SSSR count). The molecule has 0 spiro atoms. The summed E-state index contributed by atoms with van der Waals surface area (Å²) >= 11 is 1.72. The van der Waals surface area contributed by atoms with Crippen LogP contribution in [0.4, 0.5) is 0 Å². The molecule has 3 heteroatoms. The molecule has 21 heavy (non-hydrogen) atoms. The van der Waals surface area contributed by atoms with Gasteiger partial charge in [0, 0.05) is 29.9 Å². The van der Waals surface area contributed by atoms with Crippen LogP contribution < -0.4 is 0 Å². The van der Waals surface area contributed by atoms with Gasteiger partial charge in [0.2, 0.25) is 0 Å². The second kappa shape index (κ2) is 15.2. The van der Waals surface area contributed by atoms with Crippen molar-refractivity contribution in [2.24, 2.45) is 0 Å². The second-order valence-corrected chi connectivity index (χ2v) is 5.39. The molecule has 2 aromatic rings. The lowest BCUT2D eigenvalue weighted by atomic mass is 10.1. The molecule has 0 fully saturated rings. The van der Waals surface area contributed by atoms with Crippen LogP contribution in [0.25, 0.3) is 0 Å². The van der Waals surface area contributed by atoms with Crippen LogP contribution >= 0.6 is 11.3 Å². The molecule has 0 bridgehead atoms. The van der Waals surface area contributed by atoms with Gasteiger partial charge >= 0.3 is 0 Å². The van der Waals surface area contributed by atoms with Crippen LogP contribution in [0.15, 0.2) is 36.1 Å². The predicted molar refractivity (Wildman–Crippen MR) is 97.2 cm³/mol. The molecule has 2 heterocycles. The summed E-state index contributed by atoms with van der Waals surface area (Å²) in [5.41, 5.74) is 1.30. The Bertz CT molecular complexity index is 394. The Labute approximate surface area is 135 Å². The summed E-state index contributed by atoms with van der Waals surface area (Å²) in [6, 6.07) is 4.06. The summed E-state index contributed by atoms with van der Waals surface area (Å²) < 4.78 is 0. The van der Waals surface area contributed by atoms with E-state index in [-0.39, 0.29) is 0 Å². The lowest BCUT2D eigenvalue weighted by Gasteiger charge is -2.00. The van der Waals surface area contributed by atoms with Crippen molar-refractivity contribution in [3.8, 4) is 0 Å². The number of aromatic nitrogens is 2. The van der Waals surface area contributed by atoms with Gasteiger partial charge in [-0.05, 0) is 17.5 Å². The van der Waals surface area contributed by atoms with Crippen LogP contribution in [-0.2, 0) is 0 Å². The summed E-state index contributed by atoms with van der Waals surface area (Å²) in [5, 5.41) is 3.24. The van der Waals surface area contributed by atoms with Crippen molar-refractivity contribution < 1.29 is 0 Å². The average Bonchev–Trinajstić information content (AvgIpc) is 3.07. The molecule has 0 aliphatic heterocycles. The predicted octanol–water partition coefficient (Wildman–Crippen LogP) is 6.52. The molecule has 2 aromatic heterocycles. The van der Waals surface area contributed by atoms with Gasteiger partial charge in [0.15, 0.2) is 0 Å². The molecular formula is C18H32N2S. The summed E-state index contributed by atoms with van der Waals surface area (Å²) in [6.07, 6.45) is 5.55. The summed E-state index contributed by atoms with van der Waals surface area (Å²) in [5.74, 6) is 1.19. The Hall–Kier alpha value is -1.22. The molecule has 120 valence electrons. The van der Waals surface area contributed by atoms with Gasteiger partial charge in [0.25, 0.3) is 0 Å². The van der Waals surface area contributed by atoms with Gasteiger partial charge in [0.05, 0.1) is 5.01 Å². The third kappa shape index (κ3) is 11.1. The van der Waals surface area contributed by atoms with Crippen molar-refractivity contribution >= 4 is 11.3 Å². The zero-order valence-corrected chi connectivity index (χ0v) is 15.7. The van der Waals surface area contributed by atoms with Gasteiger partial charge in [-0.15, -0.1) is 11.3 Å². The molecule has 0 unspecified atom stereocenters. The maximum atomic E-state index is 4.13. The van der Waals surface area contributed by atoms with E-state index in [9.17, 15) is 0 Å². The van der Waals surface area contributed by atoms with E-state index in [1.165, 1.54) is 10.6 Å². The summed E-state index contributed by atoms with van der Waals surface area (Å²) in [7, 11) is 0. The van der Waals surface area contributed by atoms with Crippen LogP contribution in [-0.4, -0.2) is 9.97 Å². The van der Waals surface area contributed by atoms with Gasteiger partial charge in [-0.2, -0.15) is 0 Å². The van der Waals surface area contributed by atoms with Gasteiger partial charge in [0.1, 0.15) is 0 Å². The monoisotopic (exact) mass is 308 g/mol. The minimum atomic E-state index is 0.593. The quantitative estimate of drug-likeness (QED) is 0.630. The molecule has 0 aliphatic rings. The molecule has 0 aliphatic carbocycles. The number of rotatable bonds is 2. The Kier molecular flexibility index (Phi) is 15.9. The molecule has 0 amide bonds. The highest BCUT2D eigenvalue weighted by Gasteiger charge is 1.97. The molecule has 0 saturated heterocycles. The Morgan fingerprint density at radius 1 is 0.905 bits per heavy atom. The van der Waals surface area contributed by atoms with Gasteiger partial charge in [-0.3, -0.25) is 4.98 Å². The highest BCUT2D eigenvalue weighted by Crippen LogP contribution is 2.15. The number of thiazole rings is 1. The SMILES string of the molecule is CC.CC.CC(C)c1cccnc1.CC(C)c1nccs1. The van der Waals surface area contributed by atoms with E-state index >= 15 is 0 Å². The van der Waals surface area contributed by atoms with Gasteiger partial charge < -0.3 is 0 Å². The first-order valence-corrected chi connectivity index (χ1v) is 8.78. The first-order chi connectivity index (χ1) is 10.1. The normalized spacial score (nSPS) is 8.86. The van der Waals surface area contributed by atoms with E-state index in [1.807, 2.05) is 51.5 Å². The number of hydrogen-bond acceptors (Lipinski definition) is 3. The van der Waals surface area contributed by atoms with Crippen LogP contribution in [0.5, 0.6) is 0 Å². The van der Waals surface area contributed by atoms with Crippen LogP contribution in [0.3, 0.4) is 0 Å². The van der Waals surface area contributed by atoms with Crippen LogP contribution in [0, 0.1) is 0 Å². The van der Waals surface area contributed by atoms with E-state index < -0.39 is 0 Å². The van der Waals surface area contributed by atoms with E-state index in [2.05, 4.69) is 43.7 Å². The first kappa shape index (κ1) is 22.1. The first-order valence-electron chi connectivity index (χ1n) is 7.90. The number of hydrogen-bond donors (Lipinski definition) is 0. The zero-order chi connectivity index (χ0) is 16.7.